The highest BCUT2D eigenvalue weighted by Crippen LogP contribution is 2.08. The normalized spacial score (nSPS) is 13.6. The van der Waals surface area contributed by atoms with Gasteiger partial charge in [-0.25, -0.2) is 0 Å². The summed E-state index contributed by atoms with van der Waals surface area (Å²) in [6, 6.07) is -0.243. The Bertz CT molecular complexity index is 262. The van der Waals surface area contributed by atoms with Gasteiger partial charge in [-0.3, -0.25) is 9.59 Å². The van der Waals surface area contributed by atoms with E-state index in [2.05, 4.69) is 10.6 Å². The highest BCUT2D eigenvalue weighted by Gasteiger charge is 2.25. The van der Waals surface area contributed by atoms with Crippen LogP contribution in [-0.2, 0) is 9.59 Å². The second-order valence-corrected chi connectivity index (χ2v) is 5.06. The Morgan fingerprint density at radius 3 is 2.12 bits per heavy atom. The third-order valence-corrected chi connectivity index (χ3v) is 2.05. The van der Waals surface area contributed by atoms with E-state index in [0.29, 0.717) is 0 Å². The first-order chi connectivity index (χ1) is 7.14. The van der Waals surface area contributed by atoms with Crippen molar-refractivity contribution >= 4 is 11.8 Å². The molecule has 5 heteroatoms. The number of primary amides is 1. The maximum absolute atomic E-state index is 11.6. The maximum Gasteiger partial charge on any atom is 0.237 e. The highest BCUT2D eigenvalue weighted by atomic mass is 16.2. The highest BCUT2D eigenvalue weighted by molar-refractivity contribution is 5.82. The monoisotopic (exact) mass is 229 g/mol. The molecule has 1 atom stereocenters. The molecule has 0 fully saturated rings. The first-order valence-electron chi connectivity index (χ1n) is 5.50. The molecule has 2 amide bonds. The van der Waals surface area contributed by atoms with Crippen LogP contribution in [0.3, 0.4) is 0 Å². The third-order valence-electron chi connectivity index (χ3n) is 2.05. The lowest BCUT2D eigenvalue weighted by atomic mass is 9.99. The summed E-state index contributed by atoms with van der Waals surface area (Å²) in [5.41, 5.74) is 4.66. The van der Waals surface area contributed by atoms with Gasteiger partial charge in [0.15, 0.2) is 0 Å². The van der Waals surface area contributed by atoms with Crippen molar-refractivity contribution in [2.24, 2.45) is 5.73 Å². The molecule has 0 rings (SSSR count). The van der Waals surface area contributed by atoms with Gasteiger partial charge in [0.25, 0.3) is 0 Å². The smallest absolute Gasteiger partial charge is 0.237 e. The molecule has 0 bridgehead atoms. The van der Waals surface area contributed by atoms with E-state index >= 15 is 0 Å². The molecule has 0 aromatic heterocycles. The first-order valence-corrected chi connectivity index (χ1v) is 5.50. The van der Waals surface area contributed by atoms with E-state index in [4.69, 9.17) is 5.73 Å². The van der Waals surface area contributed by atoms with E-state index < -0.39 is 5.54 Å². The predicted molar refractivity (Wildman–Crippen MR) is 63.8 cm³/mol. The van der Waals surface area contributed by atoms with Gasteiger partial charge in [0.2, 0.25) is 11.8 Å². The van der Waals surface area contributed by atoms with Gasteiger partial charge in [0.05, 0.1) is 6.04 Å². The summed E-state index contributed by atoms with van der Waals surface area (Å²) < 4.78 is 0. The van der Waals surface area contributed by atoms with Crippen molar-refractivity contribution < 1.29 is 9.59 Å². The topological polar surface area (TPSA) is 84.2 Å². The molecule has 0 spiro atoms. The van der Waals surface area contributed by atoms with Crippen LogP contribution in [0.25, 0.3) is 0 Å². The Balaban J connectivity index is 4.26. The zero-order chi connectivity index (χ0) is 12.9. The minimum Gasteiger partial charge on any atom is -0.370 e. The number of nitrogens with one attached hydrogen (secondary N) is 2. The van der Waals surface area contributed by atoms with Crippen molar-refractivity contribution in [1.29, 1.82) is 0 Å². The van der Waals surface area contributed by atoms with E-state index in [-0.39, 0.29) is 30.3 Å². The molecular weight excluding hydrogens is 206 g/mol. The van der Waals surface area contributed by atoms with Crippen LogP contribution in [0.4, 0.5) is 0 Å². The number of hydrogen-bond acceptors (Lipinski definition) is 3. The molecule has 4 N–H and O–H groups in total. The van der Waals surface area contributed by atoms with Gasteiger partial charge in [-0.2, -0.15) is 0 Å². The lowest BCUT2D eigenvalue weighted by Crippen LogP contribution is -2.53. The van der Waals surface area contributed by atoms with E-state index in [0.717, 1.165) is 0 Å². The van der Waals surface area contributed by atoms with Crippen LogP contribution in [0.2, 0.25) is 0 Å². The number of rotatable bonds is 6. The second-order valence-electron chi connectivity index (χ2n) is 5.06. The Hall–Kier alpha value is -1.10. The van der Waals surface area contributed by atoms with Crippen molar-refractivity contribution in [2.75, 3.05) is 0 Å². The van der Waals surface area contributed by atoms with Crippen LogP contribution in [-0.4, -0.2) is 29.4 Å². The third kappa shape index (κ3) is 6.40. The number of nitrogens with two attached hydrogens (primary N) is 1. The van der Waals surface area contributed by atoms with Gasteiger partial charge in [0, 0.05) is 18.0 Å². The van der Waals surface area contributed by atoms with Crippen molar-refractivity contribution in [3.63, 3.8) is 0 Å². The number of hydrogen-bond donors (Lipinski definition) is 3. The average molecular weight is 229 g/mol. The van der Waals surface area contributed by atoms with Crippen LogP contribution in [0.5, 0.6) is 0 Å². The molecule has 0 saturated heterocycles. The van der Waals surface area contributed by atoms with Crippen molar-refractivity contribution in [1.82, 2.24) is 10.6 Å². The summed E-state index contributed by atoms with van der Waals surface area (Å²) in [4.78, 5) is 22.5. The van der Waals surface area contributed by atoms with E-state index in [1.54, 1.807) is 6.92 Å². The molecule has 0 saturated carbocycles. The van der Waals surface area contributed by atoms with Crippen LogP contribution in [0.1, 0.15) is 41.0 Å². The minimum atomic E-state index is -0.473. The van der Waals surface area contributed by atoms with E-state index in [1.807, 2.05) is 27.7 Å². The quantitative estimate of drug-likeness (QED) is 0.606. The molecule has 0 radical (unpaired) electrons. The Morgan fingerprint density at radius 2 is 1.75 bits per heavy atom. The van der Waals surface area contributed by atoms with E-state index in [9.17, 15) is 9.59 Å². The molecule has 0 aromatic rings. The number of amides is 2. The van der Waals surface area contributed by atoms with Crippen molar-refractivity contribution in [3.8, 4) is 0 Å². The SMILES string of the molecule is CC(C)NC(=O)C(C)NC(C)(C)CC(N)=O. The zero-order valence-electron chi connectivity index (χ0n) is 10.8. The van der Waals surface area contributed by atoms with Crippen LogP contribution in [0.15, 0.2) is 0 Å². The average Bonchev–Trinajstić information content (AvgIpc) is 1.98. The fraction of sp³-hybridized carbons (Fsp3) is 0.818. The van der Waals surface area contributed by atoms with Crippen LogP contribution in [0, 0.1) is 0 Å². The summed E-state index contributed by atoms with van der Waals surface area (Å²) in [5.74, 6) is -0.457. The summed E-state index contributed by atoms with van der Waals surface area (Å²) in [5, 5.41) is 5.88. The van der Waals surface area contributed by atoms with Gasteiger partial charge in [0.1, 0.15) is 0 Å². The van der Waals surface area contributed by atoms with Crippen molar-refractivity contribution in [2.45, 2.75) is 58.7 Å². The summed E-state index contributed by atoms with van der Waals surface area (Å²) in [7, 11) is 0. The zero-order valence-corrected chi connectivity index (χ0v) is 10.8. The second kappa shape index (κ2) is 5.84. The number of carbonyl (C=O) groups excluding carboxylic acids is 2. The Labute approximate surface area is 97.2 Å². The fourth-order valence-corrected chi connectivity index (χ4v) is 1.55. The molecule has 0 aliphatic carbocycles. The standard InChI is InChI=1S/C11H23N3O2/c1-7(2)13-10(16)8(3)14-11(4,5)6-9(12)15/h7-8,14H,6H2,1-5H3,(H2,12,15)(H,13,16). The molecule has 0 aromatic carbocycles. The number of carbonyl (C=O) groups is 2. The maximum atomic E-state index is 11.6. The summed E-state index contributed by atoms with van der Waals surface area (Å²) in [6.07, 6.45) is 0.201. The lowest BCUT2D eigenvalue weighted by molar-refractivity contribution is -0.125. The molecule has 0 heterocycles. The molecule has 0 aliphatic heterocycles. The lowest BCUT2D eigenvalue weighted by Gasteiger charge is -2.29. The fourth-order valence-electron chi connectivity index (χ4n) is 1.55. The summed E-state index contributed by atoms with van der Waals surface area (Å²) >= 11 is 0. The minimum absolute atomic E-state index is 0.0763. The van der Waals surface area contributed by atoms with Crippen LogP contribution < -0.4 is 16.4 Å². The van der Waals surface area contributed by atoms with E-state index in [1.165, 1.54) is 0 Å². The van der Waals surface area contributed by atoms with Gasteiger partial charge in [-0.1, -0.05) is 0 Å². The van der Waals surface area contributed by atoms with Gasteiger partial charge in [-0.15, -0.1) is 0 Å². The molecular formula is C11H23N3O2. The van der Waals surface area contributed by atoms with Crippen molar-refractivity contribution in [3.05, 3.63) is 0 Å². The van der Waals surface area contributed by atoms with Gasteiger partial charge >= 0.3 is 0 Å². The van der Waals surface area contributed by atoms with Gasteiger partial charge < -0.3 is 16.4 Å². The van der Waals surface area contributed by atoms with Crippen LogP contribution >= 0.6 is 0 Å². The van der Waals surface area contributed by atoms with Gasteiger partial charge in [-0.05, 0) is 34.6 Å². The largest absolute Gasteiger partial charge is 0.370 e. The summed E-state index contributed by atoms with van der Waals surface area (Å²) in [6.45, 7) is 9.26. The molecule has 94 valence electrons. The molecule has 0 aliphatic rings. The molecule has 16 heavy (non-hydrogen) atoms. The Morgan fingerprint density at radius 1 is 1.25 bits per heavy atom. The first kappa shape index (κ1) is 14.9. The molecule has 1 unspecified atom stereocenters. The molecule has 5 nitrogen and oxygen atoms in total. The Kier molecular flexibility index (Phi) is 5.44. The predicted octanol–water partition coefficient (Wildman–Crippen LogP) is 0.143.